The highest BCUT2D eigenvalue weighted by Crippen LogP contribution is 2.13. The topological polar surface area (TPSA) is 106 Å². The molecule has 4 rings (SSSR count). The second-order valence-electron chi connectivity index (χ2n) is 11.1. The number of carbonyl (C=O) groups is 2. The number of aromatic nitrogens is 2. The van der Waals surface area contributed by atoms with E-state index in [0.717, 1.165) is 33.8 Å². The third-order valence-corrected chi connectivity index (χ3v) is 8.44. The van der Waals surface area contributed by atoms with Gasteiger partial charge in [0.05, 0.1) is 20.8 Å². The van der Waals surface area contributed by atoms with Gasteiger partial charge in [0.2, 0.25) is 0 Å². The van der Waals surface area contributed by atoms with Crippen molar-refractivity contribution in [3.8, 4) is 0 Å². The third-order valence-electron chi connectivity index (χ3n) is 6.93. The molecule has 2 amide bonds. The number of rotatable bonds is 17. The van der Waals surface area contributed by atoms with Gasteiger partial charge in [0.1, 0.15) is 13.2 Å². The fourth-order valence-corrected chi connectivity index (χ4v) is 5.77. The van der Waals surface area contributed by atoms with Gasteiger partial charge in [-0.1, -0.05) is 74.5 Å². The van der Waals surface area contributed by atoms with Crippen LogP contribution in [0.15, 0.2) is 84.1 Å². The summed E-state index contributed by atoms with van der Waals surface area (Å²) in [5, 5.41) is 6.22. The summed E-state index contributed by atoms with van der Waals surface area (Å²) in [7, 11) is 0. The predicted octanol–water partition coefficient (Wildman–Crippen LogP) is 6.32. The Morgan fingerprint density at radius 1 is 0.750 bits per heavy atom. The average Bonchev–Trinajstić information content (AvgIpc) is 3.74. The second-order valence-corrected chi connectivity index (χ2v) is 13.0. The number of hydrogen-bond donors (Lipinski definition) is 2. The average molecular weight is 636 g/mol. The van der Waals surface area contributed by atoms with E-state index in [1.807, 2.05) is 36.4 Å². The van der Waals surface area contributed by atoms with E-state index in [9.17, 15) is 9.59 Å². The van der Waals surface area contributed by atoms with E-state index in [2.05, 4.69) is 63.6 Å². The summed E-state index contributed by atoms with van der Waals surface area (Å²) in [5.74, 6) is 0.493. The first-order valence-electron chi connectivity index (χ1n) is 14.8. The number of nitrogens with zero attached hydrogens (tertiary/aromatic N) is 3. The Bertz CT molecular complexity index is 1260. The van der Waals surface area contributed by atoms with Gasteiger partial charge in [0.25, 0.3) is 0 Å². The number of amides is 2. The molecular weight excluding hydrogens is 595 g/mol. The minimum absolute atomic E-state index is 0.179. The Labute approximate surface area is 267 Å². The first-order valence-corrected chi connectivity index (χ1v) is 16.6. The van der Waals surface area contributed by atoms with Gasteiger partial charge in [0, 0.05) is 37.6 Å². The highest BCUT2D eigenvalue weighted by atomic mass is 32.1. The van der Waals surface area contributed by atoms with Crippen LogP contribution in [-0.4, -0.2) is 58.8 Å². The van der Waals surface area contributed by atoms with Gasteiger partial charge in [-0.05, 0) is 42.9 Å². The zero-order valence-electron chi connectivity index (χ0n) is 25.3. The molecule has 0 aliphatic rings. The van der Waals surface area contributed by atoms with Crippen molar-refractivity contribution >= 4 is 34.9 Å². The van der Waals surface area contributed by atoms with E-state index in [4.69, 9.17) is 9.47 Å². The molecular formula is C33H41N5O4S2. The molecule has 2 aromatic carbocycles. The molecule has 4 aromatic rings. The van der Waals surface area contributed by atoms with E-state index >= 15 is 0 Å². The monoisotopic (exact) mass is 635 g/mol. The Morgan fingerprint density at radius 2 is 1.20 bits per heavy atom. The standard InChI is InChI=1S/C33H41N5O4S2/c1-25(2)13-14-38(19-28(15-26-9-5-3-6-10-26)36-32(39)41-21-30-17-34-23-43-30)20-29(16-27-11-7-4-8-12-27)37-33(40)42-22-31-18-35-24-44-31/h3-12,17-18,23-25,28-29H,13-16,19-22H2,1-2H3,(H,36,39)(H,37,40)/t28-,29-/m1/s1. The molecule has 0 saturated heterocycles. The number of ether oxygens (including phenoxy) is 2. The number of thiazole rings is 2. The van der Waals surface area contributed by atoms with Gasteiger partial charge in [-0.15, -0.1) is 22.7 Å². The van der Waals surface area contributed by atoms with Crippen LogP contribution in [0.25, 0.3) is 0 Å². The van der Waals surface area contributed by atoms with Crippen molar-refractivity contribution in [1.82, 2.24) is 25.5 Å². The molecule has 9 nitrogen and oxygen atoms in total. The maximum Gasteiger partial charge on any atom is 0.407 e. The van der Waals surface area contributed by atoms with Crippen molar-refractivity contribution < 1.29 is 19.1 Å². The lowest BCUT2D eigenvalue weighted by Gasteiger charge is -2.32. The Morgan fingerprint density at radius 3 is 1.59 bits per heavy atom. The maximum absolute atomic E-state index is 12.9. The predicted molar refractivity (Wildman–Crippen MR) is 175 cm³/mol. The summed E-state index contributed by atoms with van der Waals surface area (Å²) in [6.07, 6.45) is 4.74. The number of carbonyl (C=O) groups excluding carboxylic acids is 2. The molecule has 2 N–H and O–H groups in total. The molecule has 0 spiro atoms. The number of benzene rings is 2. The first kappa shape index (κ1) is 33.1. The Hall–Kier alpha value is -3.80. The molecule has 234 valence electrons. The van der Waals surface area contributed by atoms with E-state index in [1.54, 1.807) is 23.4 Å². The van der Waals surface area contributed by atoms with Gasteiger partial charge >= 0.3 is 12.2 Å². The maximum atomic E-state index is 12.9. The molecule has 2 heterocycles. The van der Waals surface area contributed by atoms with Crippen molar-refractivity contribution in [3.05, 3.63) is 105 Å². The zero-order chi connectivity index (χ0) is 31.0. The molecule has 2 aromatic heterocycles. The van der Waals surface area contributed by atoms with Crippen LogP contribution in [0.3, 0.4) is 0 Å². The van der Waals surface area contributed by atoms with Crippen LogP contribution >= 0.6 is 22.7 Å². The van der Waals surface area contributed by atoms with Crippen LogP contribution in [0.1, 0.15) is 41.1 Å². The minimum Gasteiger partial charge on any atom is -0.444 e. The van der Waals surface area contributed by atoms with Crippen molar-refractivity contribution in [3.63, 3.8) is 0 Å². The van der Waals surface area contributed by atoms with Crippen LogP contribution in [0, 0.1) is 5.92 Å². The van der Waals surface area contributed by atoms with Gasteiger partial charge in [-0.3, -0.25) is 14.9 Å². The van der Waals surface area contributed by atoms with Crippen molar-refractivity contribution in [2.45, 2.75) is 58.4 Å². The lowest BCUT2D eigenvalue weighted by molar-refractivity contribution is 0.126. The van der Waals surface area contributed by atoms with E-state index in [-0.39, 0.29) is 25.3 Å². The molecule has 44 heavy (non-hydrogen) atoms. The van der Waals surface area contributed by atoms with Gasteiger partial charge < -0.3 is 20.1 Å². The molecule has 0 fully saturated rings. The molecule has 0 bridgehead atoms. The second kappa shape index (κ2) is 18.1. The van der Waals surface area contributed by atoms with E-state index in [0.29, 0.717) is 31.8 Å². The Kier molecular flexibility index (Phi) is 13.6. The van der Waals surface area contributed by atoms with Gasteiger partial charge in [-0.2, -0.15) is 0 Å². The lowest BCUT2D eigenvalue weighted by Crippen LogP contribution is -2.50. The Balaban J connectivity index is 1.47. The molecule has 0 aliphatic carbocycles. The van der Waals surface area contributed by atoms with Crippen molar-refractivity contribution in [1.29, 1.82) is 0 Å². The summed E-state index contributed by atoms with van der Waals surface area (Å²) in [6, 6.07) is 19.8. The minimum atomic E-state index is -0.464. The van der Waals surface area contributed by atoms with Gasteiger partial charge in [-0.25, -0.2) is 9.59 Å². The number of alkyl carbamates (subject to hydrolysis) is 2. The summed E-state index contributed by atoms with van der Waals surface area (Å²) < 4.78 is 11.1. The molecule has 0 radical (unpaired) electrons. The fraction of sp³-hybridized carbons (Fsp3) is 0.394. The smallest absolute Gasteiger partial charge is 0.407 e. The molecule has 0 unspecified atom stereocenters. The quantitative estimate of drug-likeness (QED) is 0.140. The molecule has 0 saturated carbocycles. The van der Waals surface area contributed by atoms with Crippen molar-refractivity contribution in [2.75, 3.05) is 19.6 Å². The largest absolute Gasteiger partial charge is 0.444 e. The van der Waals surface area contributed by atoms with Crippen molar-refractivity contribution in [2.24, 2.45) is 5.92 Å². The third kappa shape index (κ3) is 12.4. The van der Waals surface area contributed by atoms with Crippen LogP contribution in [0.4, 0.5) is 9.59 Å². The van der Waals surface area contributed by atoms with E-state index in [1.165, 1.54) is 22.7 Å². The first-order chi connectivity index (χ1) is 21.4. The van der Waals surface area contributed by atoms with Crippen LogP contribution < -0.4 is 10.6 Å². The fourth-order valence-electron chi connectivity index (χ4n) is 4.76. The van der Waals surface area contributed by atoms with Gasteiger partial charge in [0.15, 0.2) is 0 Å². The number of hydrogen-bond acceptors (Lipinski definition) is 9. The summed E-state index contributed by atoms with van der Waals surface area (Å²) in [6.45, 7) is 6.73. The summed E-state index contributed by atoms with van der Waals surface area (Å²) in [5.41, 5.74) is 5.68. The highest BCUT2D eigenvalue weighted by Gasteiger charge is 2.23. The normalized spacial score (nSPS) is 12.5. The van der Waals surface area contributed by atoms with E-state index < -0.39 is 12.2 Å². The SMILES string of the molecule is CC(C)CCN(C[C@@H](Cc1ccccc1)NC(=O)OCc1cncs1)C[C@@H](Cc1ccccc1)NC(=O)OCc1cncs1. The van der Waals surface area contributed by atoms with Crippen LogP contribution in [-0.2, 0) is 35.5 Å². The van der Waals surface area contributed by atoms with Crippen LogP contribution in [0.2, 0.25) is 0 Å². The summed E-state index contributed by atoms with van der Waals surface area (Å²) in [4.78, 5) is 38.0. The van der Waals surface area contributed by atoms with Crippen LogP contribution in [0.5, 0.6) is 0 Å². The lowest BCUT2D eigenvalue weighted by atomic mass is 10.0. The molecule has 2 atom stereocenters. The number of nitrogens with one attached hydrogen (secondary N) is 2. The summed E-state index contributed by atoms with van der Waals surface area (Å²) >= 11 is 2.90. The molecule has 0 aliphatic heterocycles. The highest BCUT2D eigenvalue weighted by molar-refractivity contribution is 7.09. The zero-order valence-corrected chi connectivity index (χ0v) is 26.9. The molecule has 11 heteroatoms.